The van der Waals surface area contributed by atoms with Crippen LogP contribution in [0, 0.1) is 0 Å². The fourth-order valence-electron chi connectivity index (χ4n) is 3.92. The summed E-state index contributed by atoms with van der Waals surface area (Å²) in [5.41, 5.74) is 4.58. The molecule has 1 amide bonds. The number of hydrogen-bond donors (Lipinski definition) is 3. The summed E-state index contributed by atoms with van der Waals surface area (Å²) in [6.07, 6.45) is 1.90. The van der Waals surface area contributed by atoms with Crippen molar-refractivity contribution in [1.29, 1.82) is 0 Å². The zero-order chi connectivity index (χ0) is 21.3. The third-order valence-corrected chi connectivity index (χ3v) is 5.42. The van der Waals surface area contributed by atoms with E-state index < -0.39 is 0 Å². The van der Waals surface area contributed by atoms with Gasteiger partial charge in [-0.25, -0.2) is 0 Å². The summed E-state index contributed by atoms with van der Waals surface area (Å²) in [6.45, 7) is 7.61. The van der Waals surface area contributed by atoms with Crippen LogP contribution in [-0.2, 0) is 12.8 Å². The lowest BCUT2D eigenvalue weighted by Crippen LogP contribution is -2.43. The van der Waals surface area contributed by atoms with Crippen LogP contribution in [0.25, 0.3) is 0 Å². The van der Waals surface area contributed by atoms with E-state index in [1.54, 1.807) is 7.05 Å². The van der Waals surface area contributed by atoms with Crippen molar-refractivity contribution in [2.45, 2.75) is 32.7 Å². The minimum absolute atomic E-state index is 0. The highest BCUT2D eigenvalue weighted by Gasteiger charge is 2.24. The second-order valence-corrected chi connectivity index (χ2v) is 7.59. The van der Waals surface area contributed by atoms with Gasteiger partial charge in [-0.1, -0.05) is 30.3 Å². The third-order valence-electron chi connectivity index (χ3n) is 5.42. The molecule has 3 N–H and O–H groups in total. The van der Waals surface area contributed by atoms with Crippen LogP contribution in [0.4, 0.5) is 5.69 Å². The summed E-state index contributed by atoms with van der Waals surface area (Å²) in [4.78, 5) is 19.0. The Balaban J connectivity index is 0.00000341. The molecular weight excluding hydrogens is 501 g/mol. The van der Waals surface area contributed by atoms with E-state index in [-0.39, 0.29) is 29.9 Å². The van der Waals surface area contributed by atoms with Crippen molar-refractivity contribution in [2.24, 2.45) is 4.99 Å². The Morgan fingerprint density at radius 2 is 1.97 bits per heavy atom. The Hall–Kier alpha value is -2.29. The third kappa shape index (κ3) is 6.85. The molecule has 3 rings (SSSR count). The summed E-state index contributed by atoms with van der Waals surface area (Å²) in [7, 11) is 1.65. The number of halogens is 1. The predicted octanol–water partition coefficient (Wildman–Crippen LogP) is 3.21. The van der Waals surface area contributed by atoms with Gasteiger partial charge in [-0.05, 0) is 56.0 Å². The molecule has 0 aliphatic carbocycles. The van der Waals surface area contributed by atoms with Crippen LogP contribution in [0.15, 0.2) is 53.5 Å². The van der Waals surface area contributed by atoms with E-state index in [2.05, 4.69) is 59.0 Å². The van der Waals surface area contributed by atoms with Gasteiger partial charge < -0.3 is 20.9 Å². The van der Waals surface area contributed by atoms with Crippen molar-refractivity contribution >= 4 is 41.5 Å². The van der Waals surface area contributed by atoms with Gasteiger partial charge in [0.2, 0.25) is 0 Å². The van der Waals surface area contributed by atoms with Gasteiger partial charge in [0.1, 0.15) is 0 Å². The molecule has 6 nitrogen and oxygen atoms in total. The second kappa shape index (κ2) is 12.5. The number of para-hydroxylation sites is 1. The molecule has 0 fully saturated rings. The Morgan fingerprint density at radius 1 is 1.16 bits per heavy atom. The molecule has 0 saturated heterocycles. The number of hydrogen-bond acceptors (Lipinski definition) is 3. The van der Waals surface area contributed by atoms with Crippen molar-refractivity contribution in [1.82, 2.24) is 16.0 Å². The van der Waals surface area contributed by atoms with Crippen LogP contribution in [0.3, 0.4) is 0 Å². The van der Waals surface area contributed by atoms with E-state index in [0.717, 1.165) is 44.0 Å². The fourth-order valence-corrected chi connectivity index (χ4v) is 3.92. The smallest absolute Gasteiger partial charge is 0.251 e. The summed E-state index contributed by atoms with van der Waals surface area (Å²) >= 11 is 0. The minimum Gasteiger partial charge on any atom is -0.367 e. The van der Waals surface area contributed by atoms with Gasteiger partial charge in [-0.2, -0.15) is 0 Å². The number of nitrogens with one attached hydrogen (secondary N) is 3. The molecule has 1 aliphatic heterocycles. The Bertz CT molecular complexity index is 886. The Labute approximate surface area is 202 Å². The summed E-state index contributed by atoms with van der Waals surface area (Å²) in [5, 5.41) is 9.44. The van der Waals surface area contributed by atoms with Gasteiger partial charge in [0.15, 0.2) is 5.96 Å². The van der Waals surface area contributed by atoms with Gasteiger partial charge >= 0.3 is 0 Å². The normalized spacial score (nSPS) is 15.1. The minimum atomic E-state index is -0.0620. The van der Waals surface area contributed by atoms with E-state index >= 15 is 0 Å². The number of carbonyl (C=O) groups excluding carboxylic acids is 1. The van der Waals surface area contributed by atoms with Gasteiger partial charge in [0, 0.05) is 50.5 Å². The molecule has 168 valence electrons. The molecule has 2 aromatic rings. The highest BCUT2D eigenvalue weighted by atomic mass is 127. The quantitative estimate of drug-likeness (QED) is 0.276. The molecule has 1 heterocycles. The van der Waals surface area contributed by atoms with Crippen molar-refractivity contribution in [3.05, 3.63) is 65.2 Å². The average Bonchev–Trinajstić information content (AvgIpc) is 3.08. The molecule has 0 radical (unpaired) electrons. The molecule has 1 aliphatic rings. The highest BCUT2D eigenvalue weighted by molar-refractivity contribution is 14.0. The van der Waals surface area contributed by atoms with Crippen molar-refractivity contribution < 1.29 is 4.79 Å². The van der Waals surface area contributed by atoms with E-state index in [1.807, 2.05) is 24.3 Å². The maximum Gasteiger partial charge on any atom is 0.251 e. The number of guanidine groups is 1. The molecular formula is C24H34IN5O. The fraction of sp³-hybridized carbons (Fsp3) is 0.417. The molecule has 1 unspecified atom stereocenters. The zero-order valence-electron chi connectivity index (χ0n) is 18.6. The van der Waals surface area contributed by atoms with E-state index in [9.17, 15) is 4.79 Å². The number of benzene rings is 2. The molecule has 2 aromatic carbocycles. The van der Waals surface area contributed by atoms with E-state index in [0.29, 0.717) is 18.2 Å². The zero-order valence-corrected chi connectivity index (χ0v) is 21.0. The largest absolute Gasteiger partial charge is 0.367 e. The molecule has 31 heavy (non-hydrogen) atoms. The lowest BCUT2D eigenvalue weighted by Gasteiger charge is -2.25. The summed E-state index contributed by atoms with van der Waals surface area (Å²) < 4.78 is 0. The van der Waals surface area contributed by atoms with Gasteiger partial charge in [-0.15, -0.1) is 24.0 Å². The first-order valence-electron chi connectivity index (χ1n) is 10.8. The van der Waals surface area contributed by atoms with E-state index in [1.165, 1.54) is 11.3 Å². The van der Waals surface area contributed by atoms with Gasteiger partial charge in [0.25, 0.3) is 5.91 Å². The van der Waals surface area contributed by atoms with Crippen molar-refractivity contribution in [3.8, 4) is 0 Å². The Kier molecular flexibility index (Phi) is 10.1. The average molecular weight is 535 g/mol. The summed E-state index contributed by atoms with van der Waals surface area (Å²) in [5.74, 6) is 0.771. The molecule has 0 saturated carbocycles. The van der Waals surface area contributed by atoms with Gasteiger partial charge in [0.05, 0.1) is 0 Å². The molecule has 0 bridgehead atoms. The molecule has 0 spiro atoms. The first kappa shape index (κ1) is 25.0. The number of amides is 1. The lowest BCUT2D eigenvalue weighted by molar-refractivity contribution is 0.0963. The van der Waals surface area contributed by atoms with Crippen LogP contribution >= 0.6 is 24.0 Å². The Morgan fingerprint density at radius 3 is 2.74 bits per heavy atom. The SMILES string of the molecule is CCNC(=NCCc1cccc(C(=O)NC)c1)NCCN1c2ccccc2CC1C.I. The van der Waals surface area contributed by atoms with Crippen LogP contribution in [0.1, 0.15) is 35.3 Å². The van der Waals surface area contributed by atoms with Crippen molar-refractivity contribution in [2.75, 3.05) is 38.1 Å². The number of anilines is 1. The second-order valence-electron chi connectivity index (χ2n) is 7.59. The van der Waals surface area contributed by atoms with Crippen LogP contribution in [-0.4, -0.2) is 51.1 Å². The van der Waals surface area contributed by atoms with Crippen LogP contribution < -0.4 is 20.9 Å². The monoisotopic (exact) mass is 535 g/mol. The first-order chi connectivity index (χ1) is 14.6. The number of nitrogens with zero attached hydrogens (tertiary/aromatic N) is 2. The van der Waals surface area contributed by atoms with Crippen LogP contribution in [0.5, 0.6) is 0 Å². The topological polar surface area (TPSA) is 68.8 Å². The summed E-state index contributed by atoms with van der Waals surface area (Å²) in [6, 6.07) is 16.9. The van der Waals surface area contributed by atoms with E-state index in [4.69, 9.17) is 4.99 Å². The number of carbonyl (C=O) groups is 1. The number of rotatable bonds is 8. The van der Waals surface area contributed by atoms with Crippen molar-refractivity contribution in [3.63, 3.8) is 0 Å². The first-order valence-corrected chi connectivity index (χ1v) is 10.8. The maximum atomic E-state index is 11.8. The predicted molar refractivity (Wildman–Crippen MR) is 140 cm³/mol. The number of aliphatic imine (C=N–C) groups is 1. The highest BCUT2D eigenvalue weighted by Crippen LogP contribution is 2.31. The molecule has 7 heteroatoms. The number of fused-ring (bicyclic) bond motifs is 1. The molecule has 0 aromatic heterocycles. The lowest BCUT2D eigenvalue weighted by atomic mass is 10.1. The van der Waals surface area contributed by atoms with Crippen LogP contribution in [0.2, 0.25) is 0 Å². The van der Waals surface area contributed by atoms with Gasteiger partial charge in [-0.3, -0.25) is 9.79 Å². The standard InChI is InChI=1S/C24H33N5O.HI/c1-4-26-24(27-13-12-19-8-7-10-21(17-19)23(30)25-3)28-14-15-29-18(2)16-20-9-5-6-11-22(20)29;/h5-11,17-18H,4,12-16H2,1-3H3,(H,25,30)(H2,26,27,28);1H. The molecule has 1 atom stereocenters. The maximum absolute atomic E-state index is 11.8.